The molecule has 1 saturated heterocycles. The zero-order chi connectivity index (χ0) is 16.1. The van der Waals surface area contributed by atoms with Gasteiger partial charge in [-0.3, -0.25) is 4.79 Å². The van der Waals surface area contributed by atoms with Crippen LogP contribution in [0, 0.1) is 11.8 Å². The molecule has 1 aliphatic rings. The van der Waals surface area contributed by atoms with Crippen LogP contribution in [0.4, 0.5) is 0 Å². The second-order valence-corrected chi connectivity index (χ2v) is 6.33. The van der Waals surface area contributed by atoms with Gasteiger partial charge in [0.15, 0.2) is 0 Å². The minimum Gasteiger partial charge on any atom is -0.497 e. The van der Waals surface area contributed by atoms with Crippen molar-refractivity contribution in [2.45, 2.75) is 33.1 Å². The zero-order valence-electron chi connectivity index (χ0n) is 14.1. The quantitative estimate of drug-likeness (QED) is 0.853. The molecule has 22 heavy (non-hydrogen) atoms. The second-order valence-electron chi connectivity index (χ2n) is 6.33. The van der Waals surface area contributed by atoms with Crippen LogP contribution in [-0.2, 0) is 0 Å². The van der Waals surface area contributed by atoms with E-state index in [-0.39, 0.29) is 5.91 Å². The molecule has 1 atom stereocenters. The van der Waals surface area contributed by atoms with Crippen LogP contribution in [0.25, 0.3) is 0 Å². The van der Waals surface area contributed by atoms with Crippen molar-refractivity contribution in [3.63, 3.8) is 0 Å². The first-order valence-corrected chi connectivity index (χ1v) is 8.07. The average Bonchev–Trinajstić information content (AvgIpc) is 2.79. The predicted octanol–water partition coefficient (Wildman–Crippen LogP) is 3.60. The van der Waals surface area contributed by atoms with Gasteiger partial charge in [-0.15, -0.1) is 0 Å². The van der Waals surface area contributed by atoms with E-state index >= 15 is 0 Å². The van der Waals surface area contributed by atoms with Crippen LogP contribution in [-0.4, -0.2) is 38.1 Å². The van der Waals surface area contributed by atoms with Crippen LogP contribution in [0.1, 0.15) is 43.5 Å². The fourth-order valence-corrected chi connectivity index (χ4v) is 3.11. The van der Waals surface area contributed by atoms with Crippen LogP contribution in [0.5, 0.6) is 11.5 Å². The molecular weight excluding hydrogens is 278 g/mol. The van der Waals surface area contributed by atoms with Crippen molar-refractivity contribution in [2.24, 2.45) is 11.8 Å². The lowest BCUT2D eigenvalue weighted by Gasteiger charge is -2.22. The Morgan fingerprint density at radius 3 is 2.27 bits per heavy atom. The first kappa shape index (κ1) is 16.7. The van der Waals surface area contributed by atoms with Crippen molar-refractivity contribution < 1.29 is 14.3 Å². The molecule has 0 bridgehead atoms. The third-order valence-electron chi connectivity index (χ3n) is 4.60. The molecule has 4 nitrogen and oxygen atoms in total. The first-order valence-electron chi connectivity index (χ1n) is 8.07. The van der Waals surface area contributed by atoms with E-state index in [0.29, 0.717) is 23.0 Å². The van der Waals surface area contributed by atoms with E-state index in [2.05, 4.69) is 13.8 Å². The number of hydrogen-bond acceptors (Lipinski definition) is 3. The Morgan fingerprint density at radius 2 is 1.73 bits per heavy atom. The van der Waals surface area contributed by atoms with Crippen molar-refractivity contribution in [3.05, 3.63) is 23.8 Å². The number of rotatable bonds is 4. The van der Waals surface area contributed by atoms with Crippen LogP contribution >= 0.6 is 0 Å². The van der Waals surface area contributed by atoms with Crippen LogP contribution in [0.3, 0.4) is 0 Å². The summed E-state index contributed by atoms with van der Waals surface area (Å²) in [5.74, 6) is 2.78. The highest BCUT2D eigenvalue weighted by Gasteiger charge is 2.23. The summed E-state index contributed by atoms with van der Waals surface area (Å²) in [5, 5.41) is 0. The monoisotopic (exact) mass is 305 g/mol. The van der Waals surface area contributed by atoms with Crippen molar-refractivity contribution in [1.82, 2.24) is 4.90 Å². The SMILES string of the molecule is COc1cc(OC)cc(C(=O)N2CCCC(C(C)C)CC2)c1. The van der Waals surface area contributed by atoms with Gasteiger partial charge in [-0.1, -0.05) is 13.8 Å². The summed E-state index contributed by atoms with van der Waals surface area (Å²) in [5.41, 5.74) is 0.638. The molecule has 0 radical (unpaired) electrons. The summed E-state index contributed by atoms with van der Waals surface area (Å²) in [4.78, 5) is 14.7. The Bertz CT molecular complexity index is 491. The highest BCUT2D eigenvalue weighted by Crippen LogP contribution is 2.27. The second kappa shape index (κ2) is 7.52. The van der Waals surface area contributed by atoms with E-state index < -0.39 is 0 Å². The molecule has 1 aromatic rings. The number of benzene rings is 1. The van der Waals surface area contributed by atoms with E-state index in [4.69, 9.17) is 9.47 Å². The lowest BCUT2D eigenvalue weighted by Crippen LogP contribution is -2.32. The van der Waals surface area contributed by atoms with Crippen molar-refractivity contribution in [2.75, 3.05) is 27.3 Å². The minimum absolute atomic E-state index is 0.0709. The van der Waals surface area contributed by atoms with E-state index in [0.717, 1.165) is 31.8 Å². The minimum atomic E-state index is 0.0709. The smallest absolute Gasteiger partial charge is 0.254 e. The number of hydrogen-bond donors (Lipinski definition) is 0. The number of carbonyl (C=O) groups is 1. The number of nitrogens with zero attached hydrogens (tertiary/aromatic N) is 1. The zero-order valence-corrected chi connectivity index (χ0v) is 14.1. The maximum Gasteiger partial charge on any atom is 0.254 e. The van der Waals surface area contributed by atoms with Crippen LogP contribution in [0.2, 0.25) is 0 Å². The number of carbonyl (C=O) groups excluding carboxylic acids is 1. The summed E-state index contributed by atoms with van der Waals surface area (Å²) >= 11 is 0. The van der Waals surface area contributed by atoms with Gasteiger partial charge in [0.25, 0.3) is 5.91 Å². The summed E-state index contributed by atoms with van der Waals surface area (Å²) in [7, 11) is 3.20. The van der Waals surface area contributed by atoms with Gasteiger partial charge in [0.1, 0.15) is 11.5 Å². The molecule has 0 saturated carbocycles. The molecule has 1 aliphatic heterocycles. The molecule has 1 fully saturated rings. The van der Waals surface area contributed by atoms with Gasteiger partial charge < -0.3 is 14.4 Å². The van der Waals surface area contributed by atoms with E-state index in [1.54, 1.807) is 32.4 Å². The standard InChI is InChI=1S/C18H27NO3/c1-13(2)14-6-5-8-19(9-7-14)18(20)15-10-16(21-3)12-17(11-15)22-4/h10-14H,5-9H2,1-4H3. The average molecular weight is 305 g/mol. The molecule has 1 amide bonds. The van der Waals surface area contributed by atoms with Crippen LogP contribution in [0.15, 0.2) is 18.2 Å². The first-order chi connectivity index (χ1) is 10.5. The van der Waals surface area contributed by atoms with Crippen LogP contribution < -0.4 is 9.47 Å². The predicted molar refractivity (Wildman–Crippen MR) is 87.6 cm³/mol. The molecule has 1 heterocycles. The molecule has 4 heteroatoms. The van der Waals surface area contributed by atoms with Gasteiger partial charge in [0.05, 0.1) is 14.2 Å². The molecule has 0 aliphatic carbocycles. The molecule has 2 rings (SSSR count). The molecule has 0 aromatic heterocycles. The number of amides is 1. The van der Waals surface area contributed by atoms with Gasteiger partial charge in [-0.25, -0.2) is 0 Å². The van der Waals surface area contributed by atoms with Gasteiger partial charge >= 0.3 is 0 Å². The highest BCUT2D eigenvalue weighted by atomic mass is 16.5. The fourth-order valence-electron chi connectivity index (χ4n) is 3.11. The maximum absolute atomic E-state index is 12.8. The molecule has 1 unspecified atom stereocenters. The summed E-state index contributed by atoms with van der Waals surface area (Å²) < 4.78 is 10.5. The summed E-state index contributed by atoms with van der Waals surface area (Å²) in [6, 6.07) is 5.36. The summed E-state index contributed by atoms with van der Waals surface area (Å²) in [6.07, 6.45) is 3.38. The normalized spacial score (nSPS) is 19.0. The Kier molecular flexibility index (Phi) is 5.69. The Labute approximate surface area is 133 Å². The van der Waals surface area contributed by atoms with Crippen molar-refractivity contribution >= 4 is 5.91 Å². The van der Waals surface area contributed by atoms with Crippen molar-refractivity contribution in [1.29, 1.82) is 0 Å². The Hall–Kier alpha value is -1.71. The summed E-state index contributed by atoms with van der Waals surface area (Å²) in [6.45, 7) is 6.22. The van der Waals surface area contributed by atoms with Gasteiger partial charge in [0.2, 0.25) is 0 Å². The molecule has 0 spiro atoms. The molecule has 1 aromatic carbocycles. The lowest BCUT2D eigenvalue weighted by molar-refractivity contribution is 0.0758. The molecule has 0 N–H and O–H groups in total. The third kappa shape index (κ3) is 3.93. The van der Waals surface area contributed by atoms with Gasteiger partial charge in [0, 0.05) is 24.7 Å². The lowest BCUT2D eigenvalue weighted by atomic mass is 9.89. The highest BCUT2D eigenvalue weighted by molar-refractivity contribution is 5.95. The Morgan fingerprint density at radius 1 is 1.09 bits per heavy atom. The van der Waals surface area contributed by atoms with Gasteiger partial charge in [-0.2, -0.15) is 0 Å². The topological polar surface area (TPSA) is 38.8 Å². The van der Waals surface area contributed by atoms with E-state index in [1.807, 2.05) is 4.90 Å². The molecular formula is C18H27NO3. The maximum atomic E-state index is 12.8. The van der Waals surface area contributed by atoms with E-state index in [1.165, 1.54) is 6.42 Å². The fraction of sp³-hybridized carbons (Fsp3) is 0.611. The number of methoxy groups -OCH3 is 2. The van der Waals surface area contributed by atoms with E-state index in [9.17, 15) is 4.79 Å². The van der Waals surface area contributed by atoms with Crippen molar-refractivity contribution in [3.8, 4) is 11.5 Å². The van der Waals surface area contributed by atoms with Gasteiger partial charge in [-0.05, 0) is 43.2 Å². The largest absolute Gasteiger partial charge is 0.497 e. The Balaban J connectivity index is 2.14. The number of ether oxygens (including phenoxy) is 2. The molecule has 122 valence electrons. The number of likely N-dealkylation sites (tertiary alicyclic amines) is 1. The third-order valence-corrected chi connectivity index (χ3v) is 4.60.